The molecule has 0 atom stereocenters. The molecular formula is C18H21N3O2. The highest BCUT2D eigenvalue weighted by molar-refractivity contribution is 5.98. The highest BCUT2D eigenvalue weighted by Gasteiger charge is 2.12. The van der Waals surface area contributed by atoms with E-state index in [-0.39, 0.29) is 23.6 Å². The highest BCUT2D eigenvalue weighted by Crippen LogP contribution is 2.06. The lowest BCUT2D eigenvalue weighted by Gasteiger charge is -2.09. The molecule has 0 radical (unpaired) electrons. The lowest BCUT2D eigenvalue weighted by atomic mass is 10.1. The van der Waals surface area contributed by atoms with Crippen LogP contribution in [0.25, 0.3) is 0 Å². The molecule has 0 aliphatic heterocycles. The zero-order valence-corrected chi connectivity index (χ0v) is 13.6. The quantitative estimate of drug-likeness (QED) is 0.891. The zero-order valence-electron chi connectivity index (χ0n) is 13.6. The predicted octanol–water partition coefficient (Wildman–Crippen LogP) is 2.46. The average Bonchev–Trinajstić information content (AvgIpc) is 2.52. The Morgan fingerprint density at radius 1 is 1.13 bits per heavy atom. The first kappa shape index (κ1) is 16.7. The van der Waals surface area contributed by atoms with Gasteiger partial charge in [-0.2, -0.15) is 0 Å². The van der Waals surface area contributed by atoms with Gasteiger partial charge in [-0.3, -0.25) is 14.6 Å². The maximum Gasteiger partial charge on any atom is 0.270 e. The zero-order chi connectivity index (χ0) is 16.8. The van der Waals surface area contributed by atoms with Crippen molar-refractivity contribution in [3.05, 3.63) is 65.0 Å². The van der Waals surface area contributed by atoms with Crippen molar-refractivity contribution in [3.8, 4) is 0 Å². The Labute approximate surface area is 136 Å². The second-order valence-corrected chi connectivity index (χ2v) is 5.73. The van der Waals surface area contributed by atoms with E-state index in [9.17, 15) is 9.59 Å². The summed E-state index contributed by atoms with van der Waals surface area (Å²) in [5, 5.41) is 5.61. The molecule has 1 heterocycles. The van der Waals surface area contributed by atoms with Gasteiger partial charge in [-0.25, -0.2) is 0 Å². The molecule has 0 aliphatic carbocycles. The third kappa shape index (κ3) is 4.92. The SMILES string of the molecule is Cc1cccc(CNC(=O)c2ccnc(C(=O)NC(C)C)c2)c1. The second-order valence-electron chi connectivity index (χ2n) is 5.73. The van der Waals surface area contributed by atoms with Crippen molar-refractivity contribution in [3.63, 3.8) is 0 Å². The monoisotopic (exact) mass is 311 g/mol. The lowest BCUT2D eigenvalue weighted by Crippen LogP contribution is -2.31. The standard InChI is InChI=1S/C18H21N3O2/c1-12(2)21-18(23)16-10-15(7-8-19-16)17(22)20-11-14-6-4-5-13(3)9-14/h4-10,12H,11H2,1-3H3,(H,20,22)(H,21,23). The summed E-state index contributed by atoms with van der Waals surface area (Å²) in [6.45, 7) is 6.19. The molecule has 0 spiro atoms. The number of aromatic nitrogens is 1. The molecule has 2 rings (SSSR count). The average molecular weight is 311 g/mol. The first-order valence-corrected chi connectivity index (χ1v) is 7.56. The highest BCUT2D eigenvalue weighted by atomic mass is 16.2. The molecule has 23 heavy (non-hydrogen) atoms. The van der Waals surface area contributed by atoms with E-state index in [1.807, 2.05) is 45.0 Å². The Bertz CT molecular complexity index is 711. The second kappa shape index (κ2) is 7.54. The topological polar surface area (TPSA) is 71.1 Å². The summed E-state index contributed by atoms with van der Waals surface area (Å²) < 4.78 is 0. The van der Waals surface area contributed by atoms with Crippen LogP contribution in [0.5, 0.6) is 0 Å². The van der Waals surface area contributed by atoms with Crippen molar-refractivity contribution in [2.45, 2.75) is 33.4 Å². The van der Waals surface area contributed by atoms with Gasteiger partial charge >= 0.3 is 0 Å². The summed E-state index contributed by atoms with van der Waals surface area (Å²) in [7, 11) is 0. The summed E-state index contributed by atoms with van der Waals surface area (Å²) in [4.78, 5) is 28.2. The number of benzene rings is 1. The molecule has 1 aromatic carbocycles. The Morgan fingerprint density at radius 2 is 1.91 bits per heavy atom. The van der Waals surface area contributed by atoms with Crippen LogP contribution in [0.1, 0.15) is 45.8 Å². The first-order chi connectivity index (χ1) is 11.0. The molecule has 2 amide bonds. The number of aryl methyl sites for hydroxylation is 1. The van der Waals surface area contributed by atoms with Gasteiger partial charge in [0.25, 0.3) is 11.8 Å². The van der Waals surface area contributed by atoms with Crippen molar-refractivity contribution >= 4 is 11.8 Å². The van der Waals surface area contributed by atoms with E-state index in [0.29, 0.717) is 12.1 Å². The molecule has 5 heteroatoms. The van der Waals surface area contributed by atoms with Crippen LogP contribution in [0.3, 0.4) is 0 Å². The van der Waals surface area contributed by atoms with Gasteiger partial charge in [-0.15, -0.1) is 0 Å². The van der Waals surface area contributed by atoms with Crippen LogP contribution >= 0.6 is 0 Å². The van der Waals surface area contributed by atoms with E-state index >= 15 is 0 Å². The van der Waals surface area contributed by atoms with E-state index in [1.165, 1.54) is 12.3 Å². The molecule has 0 bridgehead atoms. The molecule has 0 aliphatic rings. The summed E-state index contributed by atoms with van der Waals surface area (Å²) in [5.41, 5.74) is 2.84. The molecule has 2 aromatic rings. The minimum absolute atomic E-state index is 0.0168. The van der Waals surface area contributed by atoms with Crippen LogP contribution in [-0.4, -0.2) is 22.8 Å². The van der Waals surface area contributed by atoms with Gasteiger partial charge in [0.1, 0.15) is 5.69 Å². The van der Waals surface area contributed by atoms with Crippen molar-refractivity contribution in [1.29, 1.82) is 0 Å². The van der Waals surface area contributed by atoms with E-state index in [0.717, 1.165) is 11.1 Å². The van der Waals surface area contributed by atoms with Gasteiger partial charge in [-0.05, 0) is 38.5 Å². The molecule has 0 unspecified atom stereocenters. The number of amides is 2. The normalized spacial score (nSPS) is 10.4. The molecule has 0 saturated carbocycles. The third-order valence-electron chi connectivity index (χ3n) is 3.21. The van der Waals surface area contributed by atoms with Crippen LogP contribution in [0.2, 0.25) is 0 Å². The van der Waals surface area contributed by atoms with Gasteiger partial charge in [0, 0.05) is 24.3 Å². The number of nitrogens with zero attached hydrogens (tertiary/aromatic N) is 1. The lowest BCUT2D eigenvalue weighted by molar-refractivity contribution is 0.0938. The van der Waals surface area contributed by atoms with Gasteiger partial charge in [-0.1, -0.05) is 29.8 Å². The van der Waals surface area contributed by atoms with Gasteiger partial charge in [0.15, 0.2) is 0 Å². The fourth-order valence-corrected chi connectivity index (χ4v) is 2.14. The number of rotatable bonds is 5. The van der Waals surface area contributed by atoms with Crippen molar-refractivity contribution in [2.24, 2.45) is 0 Å². The Kier molecular flexibility index (Phi) is 5.46. The minimum atomic E-state index is -0.284. The Hall–Kier alpha value is -2.69. The largest absolute Gasteiger partial charge is 0.349 e. The van der Waals surface area contributed by atoms with Crippen molar-refractivity contribution in [2.75, 3.05) is 0 Å². The minimum Gasteiger partial charge on any atom is -0.349 e. The molecule has 0 fully saturated rings. The van der Waals surface area contributed by atoms with Crippen LogP contribution in [0, 0.1) is 6.92 Å². The van der Waals surface area contributed by atoms with Gasteiger partial charge < -0.3 is 10.6 Å². The van der Waals surface area contributed by atoms with E-state index in [4.69, 9.17) is 0 Å². The number of nitrogens with one attached hydrogen (secondary N) is 2. The van der Waals surface area contributed by atoms with Crippen LogP contribution in [0.4, 0.5) is 0 Å². The van der Waals surface area contributed by atoms with Gasteiger partial charge in [0.2, 0.25) is 0 Å². The van der Waals surface area contributed by atoms with Crippen molar-refractivity contribution in [1.82, 2.24) is 15.6 Å². The molecule has 2 N–H and O–H groups in total. The van der Waals surface area contributed by atoms with Crippen LogP contribution in [0.15, 0.2) is 42.6 Å². The Balaban J connectivity index is 2.03. The first-order valence-electron chi connectivity index (χ1n) is 7.56. The number of pyridine rings is 1. The Morgan fingerprint density at radius 3 is 2.61 bits per heavy atom. The number of hydrogen-bond acceptors (Lipinski definition) is 3. The summed E-state index contributed by atoms with van der Waals surface area (Å²) in [6, 6.07) is 11.1. The van der Waals surface area contributed by atoms with Gasteiger partial charge in [0.05, 0.1) is 0 Å². The third-order valence-corrected chi connectivity index (χ3v) is 3.21. The number of carbonyl (C=O) groups excluding carboxylic acids is 2. The number of carbonyl (C=O) groups is 2. The van der Waals surface area contributed by atoms with E-state index in [2.05, 4.69) is 15.6 Å². The molecule has 1 aromatic heterocycles. The molecular weight excluding hydrogens is 290 g/mol. The summed E-state index contributed by atoms with van der Waals surface area (Å²) in [5.74, 6) is -0.513. The van der Waals surface area contributed by atoms with Crippen molar-refractivity contribution < 1.29 is 9.59 Å². The predicted molar refractivity (Wildman–Crippen MR) is 89.2 cm³/mol. The van der Waals surface area contributed by atoms with E-state index in [1.54, 1.807) is 6.07 Å². The maximum absolute atomic E-state index is 12.2. The molecule has 0 saturated heterocycles. The summed E-state index contributed by atoms with van der Waals surface area (Å²) in [6.07, 6.45) is 1.47. The van der Waals surface area contributed by atoms with E-state index < -0.39 is 0 Å². The van der Waals surface area contributed by atoms with Crippen LogP contribution < -0.4 is 10.6 Å². The molecule has 5 nitrogen and oxygen atoms in total. The number of hydrogen-bond donors (Lipinski definition) is 2. The fourth-order valence-electron chi connectivity index (χ4n) is 2.14. The smallest absolute Gasteiger partial charge is 0.270 e. The summed E-state index contributed by atoms with van der Waals surface area (Å²) >= 11 is 0. The van der Waals surface area contributed by atoms with Crippen LogP contribution in [-0.2, 0) is 6.54 Å². The maximum atomic E-state index is 12.2. The fraction of sp³-hybridized carbons (Fsp3) is 0.278. The molecule has 120 valence electrons.